The maximum Gasteiger partial charge on any atom is 0.240 e. The van der Waals surface area contributed by atoms with Gasteiger partial charge in [0.15, 0.2) is 0 Å². The van der Waals surface area contributed by atoms with Crippen molar-refractivity contribution in [3.63, 3.8) is 0 Å². The van der Waals surface area contributed by atoms with Gasteiger partial charge in [0.1, 0.15) is 11.4 Å². The van der Waals surface area contributed by atoms with Crippen molar-refractivity contribution in [3.05, 3.63) is 48.1 Å². The minimum atomic E-state index is -0.320. The molecule has 2 heterocycles. The molecular formula is C18H16N4OS2. The van der Waals surface area contributed by atoms with E-state index in [4.69, 9.17) is 5.26 Å². The molecule has 0 saturated heterocycles. The number of nitrogens with zero attached hydrogens (tertiary/aromatic N) is 4. The zero-order chi connectivity index (χ0) is 17.6. The van der Waals surface area contributed by atoms with Gasteiger partial charge in [0.05, 0.1) is 28.0 Å². The summed E-state index contributed by atoms with van der Waals surface area (Å²) in [5.74, 6) is -0.0326. The lowest BCUT2D eigenvalue weighted by atomic mass is 10.2. The van der Waals surface area contributed by atoms with E-state index in [1.807, 2.05) is 48.7 Å². The summed E-state index contributed by atoms with van der Waals surface area (Å²) in [6, 6.07) is 13.5. The number of hydrogen-bond acceptors (Lipinski definition) is 6. The van der Waals surface area contributed by atoms with Crippen LogP contribution < -0.4 is 4.90 Å². The second-order valence-electron chi connectivity index (χ2n) is 5.31. The molecule has 0 aliphatic rings. The van der Waals surface area contributed by atoms with Crippen molar-refractivity contribution < 1.29 is 4.79 Å². The van der Waals surface area contributed by atoms with Crippen molar-refractivity contribution in [1.82, 2.24) is 9.97 Å². The molecule has 0 radical (unpaired) electrons. The third-order valence-corrected chi connectivity index (χ3v) is 5.76. The molecule has 0 aliphatic carbocycles. The van der Waals surface area contributed by atoms with Crippen LogP contribution in [0, 0.1) is 11.3 Å². The fraction of sp³-hybridized carbons (Fsp3) is 0.222. The highest BCUT2D eigenvalue weighted by Gasteiger charge is 2.24. The van der Waals surface area contributed by atoms with Crippen LogP contribution in [-0.2, 0) is 4.79 Å². The van der Waals surface area contributed by atoms with Crippen LogP contribution in [0.25, 0.3) is 10.2 Å². The van der Waals surface area contributed by atoms with Gasteiger partial charge in [-0.25, -0.2) is 9.97 Å². The first-order chi connectivity index (χ1) is 12.2. The molecule has 0 N–H and O–H groups in total. The summed E-state index contributed by atoms with van der Waals surface area (Å²) in [6.07, 6.45) is 1.82. The Bertz CT molecular complexity index is 904. The minimum absolute atomic E-state index is 0.0326. The SMILES string of the molecule is C[C@@H](Sc1ncnc2ccsc12)C(=O)N(CCC#N)c1ccccc1. The summed E-state index contributed by atoms with van der Waals surface area (Å²) in [4.78, 5) is 23.2. The van der Waals surface area contributed by atoms with Gasteiger partial charge in [-0.3, -0.25) is 4.79 Å². The zero-order valence-corrected chi connectivity index (χ0v) is 15.3. The van der Waals surface area contributed by atoms with Gasteiger partial charge in [-0.15, -0.1) is 11.3 Å². The smallest absolute Gasteiger partial charge is 0.240 e. The maximum atomic E-state index is 13.0. The topological polar surface area (TPSA) is 69.9 Å². The fourth-order valence-electron chi connectivity index (χ4n) is 2.42. The summed E-state index contributed by atoms with van der Waals surface area (Å²) in [5.41, 5.74) is 1.70. The molecule has 1 amide bonds. The van der Waals surface area contributed by atoms with Crippen molar-refractivity contribution in [1.29, 1.82) is 5.26 Å². The van der Waals surface area contributed by atoms with Crippen LogP contribution in [0.15, 0.2) is 53.1 Å². The van der Waals surface area contributed by atoms with E-state index in [-0.39, 0.29) is 11.2 Å². The van der Waals surface area contributed by atoms with Crippen molar-refractivity contribution in [2.45, 2.75) is 23.6 Å². The largest absolute Gasteiger partial charge is 0.310 e. The van der Waals surface area contributed by atoms with Gasteiger partial charge in [0, 0.05) is 12.2 Å². The molecule has 0 fully saturated rings. The number of fused-ring (bicyclic) bond motifs is 1. The van der Waals surface area contributed by atoms with Crippen LogP contribution in [-0.4, -0.2) is 27.7 Å². The summed E-state index contributed by atoms with van der Waals surface area (Å²) < 4.78 is 0.996. The third-order valence-electron chi connectivity index (χ3n) is 3.63. The lowest BCUT2D eigenvalue weighted by Gasteiger charge is -2.24. The number of aromatic nitrogens is 2. The first-order valence-corrected chi connectivity index (χ1v) is 9.55. The maximum absolute atomic E-state index is 13.0. The Balaban J connectivity index is 1.81. The number of carbonyl (C=O) groups excluding carboxylic acids is 1. The molecule has 1 atom stereocenters. The van der Waals surface area contributed by atoms with Gasteiger partial charge >= 0.3 is 0 Å². The average molecular weight is 368 g/mol. The molecule has 2 aromatic heterocycles. The minimum Gasteiger partial charge on any atom is -0.310 e. The van der Waals surface area contributed by atoms with Crippen molar-refractivity contribution in [2.24, 2.45) is 0 Å². The van der Waals surface area contributed by atoms with Crippen molar-refractivity contribution >= 4 is 44.9 Å². The molecule has 0 spiro atoms. The van der Waals surface area contributed by atoms with E-state index < -0.39 is 0 Å². The monoisotopic (exact) mass is 368 g/mol. The van der Waals surface area contributed by atoms with Crippen LogP contribution >= 0.6 is 23.1 Å². The molecule has 126 valence electrons. The quantitative estimate of drug-likeness (QED) is 0.483. The number of anilines is 1. The highest BCUT2D eigenvalue weighted by molar-refractivity contribution is 8.00. The Morgan fingerprint density at radius 1 is 1.32 bits per heavy atom. The molecule has 0 bridgehead atoms. The van der Waals surface area contributed by atoms with E-state index in [1.54, 1.807) is 16.2 Å². The van der Waals surface area contributed by atoms with Crippen LogP contribution in [0.3, 0.4) is 0 Å². The predicted octanol–water partition coefficient (Wildman–Crippen LogP) is 4.12. The first-order valence-electron chi connectivity index (χ1n) is 7.79. The van der Waals surface area contributed by atoms with Crippen LogP contribution in [0.4, 0.5) is 5.69 Å². The molecule has 3 rings (SSSR count). The van der Waals surface area contributed by atoms with E-state index >= 15 is 0 Å². The van der Waals surface area contributed by atoms with Gasteiger partial charge < -0.3 is 4.90 Å². The summed E-state index contributed by atoms with van der Waals surface area (Å²) in [7, 11) is 0. The predicted molar refractivity (Wildman–Crippen MR) is 102 cm³/mol. The lowest BCUT2D eigenvalue weighted by molar-refractivity contribution is -0.117. The molecule has 7 heteroatoms. The molecule has 25 heavy (non-hydrogen) atoms. The number of thioether (sulfide) groups is 1. The average Bonchev–Trinajstić information content (AvgIpc) is 3.12. The fourth-order valence-corrected chi connectivity index (χ4v) is 4.32. The van der Waals surface area contributed by atoms with E-state index in [9.17, 15) is 4.79 Å². The standard InChI is InChI=1S/C18H16N4OS2/c1-13(25-17-16-15(8-11-24-16)20-12-21-17)18(23)22(10-5-9-19)14-6-3-2-4-7-14/h2-4,6-8,11-13H,5,10H2,1H3/t13-/m1/s1. The number of amides is 1. The number of carbonyl (C=O) groups is 1. The van der Waals surface area contributed by atoms with E-state index in [2.05, 4.69) is 16.0 Å². The third kappa shape index (κ3) is 3.98. The van der Waals surface area contributed by atoms with Gasteiger partial charge in [-0.1, -0.05) is 30.0 Å². The highest BCUT2D eigenvalue weighted by atomic mass is 32.2. The highest BCUT2D eigenvalue weighted by Crippen LogP contribution is 2.32. The Morgan fingerprint density at radius 3 is 2.88 bits per heavy atom. The number of rotatable bonds is 6. The number of nitriles is 1. The Morgan fingerprint density at radius 2 is 2.12 bits per heavy atom. The molecule has 0 saturated carbocycles. The second kappa shape index (κ2) is 8.10. The first kappa shape index (κ1) is 17.4. The van der Waals surface area contributed by atoms with E-state index in [1.165, 1.54) is 18.1 Å². The molecule has 0 aliphatic heterocycles. The normalized spacial score (nSPS) is 11.8. The van der Waals surface area contributed by atoms with Gasteiger partial charge in [0.2, 0.25) is 5.91 Å². The molecular weight excluding hydrogens is 352 g/mol. The van der Waals surface area contributed by atoms with Crippen LogP contribution in [0.5, 0.6) is 0 Å². The number of thiophene rings is 1. The Kier molecular flexibility index (Phi) is 5.64. The molecule has 1 aromatic carbocycles. The van der Waals surface area contributed by atoms with Crippen molar-refractivity contribution in [2.75, 3.05) is 11.4 Å². The van der Waals surface area contributed by atoms with Crippen LogP contribution in [0.1, 0.15) is 13.3 Å². The molecule has 3 aromatic rings. The van der Waals surface area contributed by atoms with E-state index in [0.717, 1.165) is 20.9 Å². The van der Waals surface area contributed by atoms with Gasteiger partial charge in [-0.2, -0.15) is 5.26 Å². The lowest BCUT2D eigenvalue weighted by Crippen LogP contribution is -2.37. The number of benzene rings is 1. The second-order valence-corrected chi connectivity index (χ2v) is 7.55. The Labute approximate surface area is 154 Å². The summed E-state index contributed by atoms with van der Waals surface area (Å²) in [5, 5.41) is 11.4. The summed E-state index contributed by atoms with van der Waals surface area (Å²) in [6.45, 7) is 2.25. The van der Waals surface area contributed by atoms with E-state index in [0.29, 0.717) is 13.0 Å². The molecule has 0 unspecified atom stereocenters. The Hall–Kier alpha value is -2.43. The van der Waals surface area contributed by atoms with Crippen LogP contribution in [0.2, 0.25) is 0 Å². The van der Waals surface area contributed by atoms with Crippen molar-refractivity contribution in [3.8, 4) is 6.07 Å². The van der Waals surface area contributed by atoms with Gasteiger partial charge in [0.25, 0.3) is 0 Å². The molecule has 5 nitrogen and oxygen atoms in total. The zero-order valence-electron chi connectivity index (χ0n) is 13.6. The number of para-hydroxylation sites is 1. The number of hydrogen-bond donors (Lipinski definition) is 0. The van der Waals surface area contributed by atoms with Gasteiger partial charge in [-0.05, 0) is 30.5 Å². The summed E-state index contributed by atoms with van der Waals surface area (Å²) >= 11 is 3.00.